The summed E-state index contributed by atoms with van der Waals surface area (Å²) < 4.78 is 26.3. The lowest BCUT2D eigenvalue weighted by Crippen LogP contribution is -2.23. The summed E-state index contributed by atoms with van der Waals surface area (Å²) in [6.45, 7) is 2.96. The molecule has 20 heavy (non-hydrogen) atoms. The van der Waals surface area contributed by atoms with Gasteiger partial charge in [-0.1, -0.05) is 6.92 Å². The van der Waals surface area contributed by atoms with Crippen molar-refractivity contribution in [1.82, 2.24) is 4.72 Å². The van der Waals surface area contributed by atoms with Crippen LogP contribution in [0.5, 0.6) is 0 Å². The second-order valence-corrected chi connectivity index (χ2v) is 6.23. The normalized spacial score (nSPS) is 11.5. The lowest BCUT2D eigenvalue weighted by Gasteiger charge is -2.12. The number of unbranched alkanes of at least 4 members (excludes halogenated alkanes) is 2. The molecule has 0 amide bonds. The van der Waals surface area contributed by atoms with Gasteiger partial charge in [0.15, 0.2) is 0 Å². The summed E-state index contributed by atoms with van der Waals surface area (Å²) in [6, 6.07) is 4.61. The summed E-state index contributed by atoms with van der Waals surface area (Å²) >= 11 is 0. The highest BCUT2D eigenvalue weighted by Crippen LogP contribution is 2.22. The number of nitrogens with two attached hydrogens (primary N) is 1. The topological polar surface area (TPSA) is 104 Å². The van der Waals surface area contributed by atoms with Gasteiger partial charge in [-0.2, -0.15) is 0 Å². The Balaban J connectivity index is 2.72. The van der Waals surface area contributed by atoms with Gasteiger partial charge < -0.3 is 16.2 Å². The van der Waals surface area contributed by atoms with Gasteiger partial charge in [0.05, 0.1) is 16.3 Å². The van der Waals surface area contributed by atoms with Crippen LogP contribution in [0.15, 0.2) is 23.1 Å². The summed E-state index contributed by atoms with van der Waals surface area (Å²) in [7, 11) is -3.47. The van der Waals surface area contributed by atoms with Gasteiger partial charge in [-0.3, -0.25) is 0 Å². The molecule has 7 heteroatoms. The van der Waals surface area contributed by atoms with E-state index in [0.29, 0.717) is 24.5 Å². The Morgan fingerprint density at radius 2 is 2.00 bits per heavy atom. The Hall–Kier alpha value is -1.31. The van der Waals surface area contributed by atoms with Crippen LogP contribution in [0.2, 0.25) is 0 Å². The quantitative estimate of drug-likeness (QED) is 0.404. The van der Waals surface area contributed by atoms with Crippen LogP contribution in [-0.2, 0) is 10.0 Å². The van der Waals surface area contributed by atoms with Crippen molar-refractivity contribution in [1.29, 1.82) is 0 Å². The summed E-state index contributed by atoms with van der Waals surface area (Å²) in [4.78, 5) is 0.200. The molecule has 0 heterocycles. The van der Waals surface area contributed by atoms with E-state index in [4.69, 9.17) is 10.8 Å². The first-order valence-corrected chi connectivity index (χ1v) is 8.23. The van der Waals surface area contributed by atoms with Crippen molar-refractivity contribution in [3.8, 4) is 0 Å². The van der Waals surface area contributed by atoms with Crippen LogP contribution in [0.3, 0.4) is 0 Å². The average molecular weight is 301 g/mol. The largest absolute Gasteiger partial charge is 0.397 e. The number of nitrogen functional groups attached to an aromatic ring is 1. The highest BCUT2D eigenvalue weighted by atomic mass is 32.2. The molecule has 0 aliphatic rings. The molecule has 0 saturated heterocycles. The Morgan fingerprint density at radius 3 is 2.65 bits per heavy atom. The van der Waals surface area contributed by atoms with Crippen molar-refractivity contribution < 1.29 is 13.5 Å². The maximum atomic E-state index is 11.9. The lowest BCUT2D eigenvalue weighted by molar-refractivity contribution is 0.283. The highest BCUT2D eigenvalue weighted by molar-refractivity contribution is 7.89. The minimum atomic E-state index is -3.47. The second-order valence-electron chi connectivity index (χ2n) is 4.46. The van der Waals surface area contributed by atoms with Crippen LogP contribution >= 0.6 is 0 Å². The van der Waals surface area contributed by atoms with E-state index in [2.05, 4.69) is 10.0 Å². The van der Waals surface area contributed by atoms with Crippen molar-refractivity contribution in [3.05, 3.63) is 18.2 Å². The minimum Gasteiger partial charge on any atom is -0.397 e. The SMILES string of the molecule is CCNS(=O)(=O)c1ccc(N)c(NCCCCCO)c1. The summed E-state index contributed by atoms with van der Waals surface area (Å²) in [5, 5.41) is 11.8. The van der Waals surface area contributed by atoms with Crippen LogP contribution in [-0.4, -0.2) is 33.2 Å². The minimum absolute atomic E-state index is 0.193. The van der Waals surface area contributed by atoms with Crippen molar-refractivity contribution in [3.63, 3.8) is 0 Å². The lowest BCUT2D eigenvalue weighted by atomic mass is 10.2. The zero-order valence-electron chi connectivity index (χ0n) is 11.7. The van der Waals surface area contributed by atoms with E-state index in [1.165, 1.54) is 6.07 Å². The van der Waals surface area contributed by atoms with E-state index in [9.17, 15) is 8.42 Å². The molecule has 0 radical (unpaired) electrons. The van der Waals surface area contributed by atoms with Gasteiger partial charge >= 0.3 is 0 Å². The molecule has 0 aliphatic heterocycles. The second kappa shape index (κ2) is 8.08. The van der Waals surface area contributed by atoms with E-state index < -0.39 is 10.0 Å². The first-order chi connectivity index (χ1) is 9.51. The molecule has 6 nitrogen and oxygen atoms in total. The molecular formula is C13H23N3O3S. The molecule has 0 saturated carbocycles. The Morgan fingerprint density at radius 1 is 1.25 bits per heavy atom. The molecule has 0 atom stereocenters. The van der Waals surface area contributed by atoms with Crippen molar-refractivity contribution in [2.24, 2.45) is 0 Å². The number of nitrogens with one attached hydrogen (secondary N) is 2. The molecule has 1 aromatic carbocycles. The monoisotopic (exact) mass is 301 g/mol. The number of sulfonamides is 1. The van der Waals surface area contributed by atoms with Crippen molar-refractivity contribution in [2.45, 2.75) is 31.1 Å². The van der Waals surface area contributed by atoms with E-state index >= 15 is 0 Å². The Bertz CT molecular complexity index is 518. The number of rotatable bonds is 9. The molecule has 1 aromatic rings. The Labute approximate surface area is 120 Å². The number of hydrogen-bond acceptors (Lipinski definition) is 5. The smallest absolute Gasteiger partial charge is 0.240 e. The van der Waals surface area contributed by atoms with Crippen LogP contribution in [0.25, 0.3) is 0 Å². The molecule has 114 valence electrons. The Kier molecular flexibility index (Phi) is 6.77. The van der Waals surface area contributed by atoms with Crippen LogP contribution < -0.4 is 15.8 Å². The van der Waals surface area contributed by atoms with Gasteiger partial charge in [0.2, 0.25) is 10.0 Å². The van der Waals surface area contributed by atoms with Gasteiger partial charge in [0.25, 0.3) is 0 Å². The number of anilines is 2. The number of benzene rings is 1. The molecule has 0 aliphatic carbocycles. The van der Waals surface area contributed by atoms with Gasteiger partial charge in [-0.15, -0.1) is 0 Å². The molecule has 1 rings (SSSR count). The standard InChI is InChI=1S/C13H23N3O3S/c1-2-16-20(18,19)11-6-7-12(14)13(10-11)15-8-4-3-5-9-17/h6-7,10,15-17H,2-5,8-9,14H2,1H3. The van der Waals surface area contributed by atoms with Gasteiger partial charge in [-0.05, 0) is 37.5 Å². The third-order valence-electron chi connectivity index (χ3n) is 2.82. The van der Waals surface area contributed by atoms with Gasteiger partial charge in [-0.25, -0.2) is 13.1 Å². The van der Waals surface area contributed by atoms with E-state index in [1.54, 1.807) is 19.1 Å². The molecule has 0 unspecified atom stereocenters. The fourth-order valence-electron chi connectivity index (χ4n) is 1.77. The number of aliphatic hydroxyl groups is 1. The maximum absolute atomic E-state index is 11.9. The van der Waals surface area contributed by atoms with Crippen LogP contribution in [0.4, 0.5) is 11.4 Å². The number of aliphatic hydroxyl groups excluding tert-OH is 1. The fraction of sp³-hybridized carbons (Fsp3) is 0.538. The third-order valence-corrected chi connectivity index (χ3v) is 4.36. The average Bonchev–Trinajstić information content (AvgIpc) is 2.40. The predicted molar refractivity (Wildman–Crippen MR) is 81.1 cm³/mol. The van der Waals surface area contributed by atoms with E-state index in [-0.39, 0.29) is 11.5 Å². The number of hydrogen-bond donors (Lipinski definition) is 4. The predicted octanol–water partition coefficient (Wildman–Crippen LogP) is 1.14. The maximum Gasteiger partial charge on any atom is 0.240 e. The molecule has 0 aromatic heterocycles. The molecule has 0 fully saturated rings. The van der Waals surface area contributed by atoms with Crippen molar-refractivity contribution in [2.75, 3.05) is 30.7 Å². The molecule has 0 spiro atoms. The zero-order chi connectivity index (χ0) is 15.0. The highest BCUT2D eigenvalue weighted by Gasteiger charge is 2.14. The molecule has 0 bridgehead atoms. The van der Waals surface area contributed by atoms with Crippen molar-refractivity contribution >= 4 is 21.4 Å². The molecular weight excluding hydrogens is 278 g/mol. The van der Waals surface area contributed by atoms with E-state index in [1.807, 2.05) is 0 Å². The molecule has 5 N–H and O–H groups in total. The van der Waals surface area contributed by atoms with Gasteiger partial charge in [0, 0.05) is 19.7 Å². The first kappa shape index (κ1) is 16.7. The summed E-state index contributed by atoms with van der Waals surface area (Å²) in [5.74, 6) is 0. The van der Waals surface area contributed by atoms with E-state index in [0.717, 1.165) is 19.3 Å². The fourth-order valence-corrected chi connectivity index (χ4v) is 2.83. The third kappa shape index (κ3) is 4.99. The van der Waals surface area contributed by atoms with Crippen LogP contribution in [0, 0.1) is 0 Å². The summed E-state index contributed by atoms with van der Waals surface area (Å²) in [5.41, 5.74) is 6.96. The summed E-state index contributed by atoms with van der Waals surface area (Å²) in [6.07, 6.45) is 2.58. The van der Waals surface area contributed by atoms with Gasteiger partial charge in [0.1, 0.15) is 0 Å². The first-order valence-electron chi connectivity index (χ1n) is 6.75. The zero-order valence-corrected chi connectivity index (χ0v) is 12.5. The van der Waals surface area contributed by atoms with Crippen LogP contribution in [0.1, 0.15) is 26.2 Å².